The van der Waals surface area contributed by atoms with Gasteiger partial charge < -0.3 is 25.2 Å². The largest absolute Gasteiger partial charge is 0.508 e. The van der Waals surface area contributed by atoms with Gasteiger partial charge in [0.2, 0.25) is 0 Å². The lowest BCUT2D eigenvalue weighted by Crippen LogP contribution is -2.42. The molecule has 2 aromatic rings. The number of hydrogen-bond acceptors (Lipinski definition) is 6. The number of benzene rings is 2. The van der Waals surface area contributed by atoms with Gasteiger partial charge in [0, 0.05) is 10.8 Å². The number of aliphatic hydroxyl groups excluding tert-OH is 3. The van der Waals surface area contributed by atoms with Crippen molar-refractivity contribution in [3.05, 3.63) is 59.2 Å². The van der Waals surface area contributed by atoms with Gasteiger partial charge >= 0.3 is 0 Å². The minimum absolute atomic E-state index is 0.170. The highest BCUT2D eigenvalue weighted by Crippen LogP contribution is 2.45. The molecule has 1 aliphatic heterocycles. The first-order valence-electron chi connectivity index (χ1n) is 9.17. The van der Waals surface area contributed by atoms with Crippen LogP contribution in [0.3, 0.4) is 0 Å². The molecule has 4 atom stereocenters. The van der Waals surface area contributed by atoms with Crippen molar-refractivity contribution in [1.29, 1.82) is 0 Å². The summed E-state index contributed by atoms with van der Waals surface area (Å²) in [6, 6.07) is 13.4. The average molecular weight is 391 g/mol. The van der Waals surface area contributed by atoms with Crippen LogP contribution in [-0.4, -0.2) is 51.1 Å². The van der Waals surface area contributed by atoms with Crippen molar-refractivity contribution >= 4 is 11.8 Å². The van der Waals surface area contributed by atoms with E-state index in [-0.39, 0.29) is 17.6 Å². The molecule has 1 fully saturated rings. The van der Waals surface area contributed by atoms with Gasteiger partial charge in [-0.1, -0.05) is 24.3 Å². The molecule has 2 aromatic carbocycles. The van der Waals surface area contributed by atoms with Crippen LogP contribution in [0.1, 0.15) is 35.3 Å². The van der Waals surface area contributed by atoms with Crippen molar-refractivity contribution in [2.75, 3.05) is 13.2 Å². The molecule has 0 aromatic heterocycles. The monoisotopic (exact) mass is 390 g/mol. The molecular formula is C21H26O5S. The zero-order valence-corrected chi connectivity index (χ0v) is 16.1. The molecule has 0 saturated carbocycles. The molecule has 0 aliphatic carbocycles. The standard InChI is InChI=1S/C21H26O5S/c1-2-26-15-6-3-13(4-7-15)9-14-5-8-17(23)16(10-14)19-11-18(24)21(25)20(12-22)27-19/h3-8,10,18-25H,2,9,11-12H2,1H3/t18-,19-,20-,21+/m1/s1. The Balaban J connectivity index is 1.78. The van der Waals surface area contributed by atoms with E-state index in [9.17, 15) is 20.4 Å². The Morgan fingerprint density at radius 3 is 2.44 bits per heavy atom. The molecule has 27 heavy (non-hydrogen) atoms. The third kappa shape index (κ3) is 4.76. The summed E-state index contributed by atoms with van der Waals surface area (Å²) in [6.45, 7) is 2.37. The maximum absolute atomic E-state index is 10.3. The molecule has 0 radical (unpaired) electrons. The van der Waals surface area contributed by atoms with Crippen LogP contribution in [0, 0.1) is 0 Å². The van der Waals surface area contributed by atoms with E-state index in [4.69, 9.17) is 4.74 Å². The van der Waals surface area contributed by atoms with E-state index >= 15 is 0 Å². The van der Waals surface area contributed by atoms with E-state index in [1.807, 2.05) is 43.3 Å². The predicted octanol–water partition coefficient (Wildman–Crippen LogP) is 2.64. The molecule has 4 N–H and O–H groups in total. The first-order valence-corrected chi connectivity index (χ1v) is 10.1. The van der Waals surface area contributed by atoms with Crippen LogP contribution < -0.4 is 4.74 Å². The van der Waals surface area contributed by atoms with Crippen molar-refractivity contribution in [3.8, 4) is 11.5 Å². The molecule has 0 spiro atoms. The molecule has 1 heterocycles. The highest BCUT2D eigenvalue weighted by atomic mass is 32.2. The summed E-state index contributed by atoms with van der Waals surface area (Å²) in [5, 5.41) is 39.2. The zero-order chi connectivity index (χ0) is 19.4. The van der Waals surface area contributed by atoms with Gasteiger partial charge in [-0.15, -0.1) is 11.8 Å². The molecule has 3 rings (SSSR count). The third-order valence-corrected chi connectivity index (χ3v) is 6.38. The van der Waals surface area contributed by atoms with Crippen molar-refractivity contribution in [1.82, 2.24) is 0 Å². The van der Waals surface area contributed by atoms with Crippen LogP contribution in [0.15, 0.2) is 42.5 Å². The summed E-state index contributed by atoms with van der Waals surface area (Å²) < 4.78 is 5.46. The van der Waals surface area contributed by atoms with E-state index in [0.29, 0.717) is 19.4 Å². The Kier molecular flexibility index (Phi) is 6.65. The van der Waals surface area contributed by atoms with Gasteiger partial charge in [-0.3, -0.25) is 0 Å². The quantitative estimate of drug-likeness (QED) is 0.606. The van der Waals surface area contributed by atoms with Crippen LogP contribution in [0.25, 0.3) is 0 Å². The molecular weight excluding hydrogens is 364 g/mol. The smallest absolute Gasteiger partial charge is 0.119 e. The predicted molar refractivity (Wildman–Crippen MR) is 106 cm³/mol. The number of aromatic hydroxyl groups is 1. The molecule has 1 aliphatic rings. The van der Waals surface area contributed by atoms with E-state index in [1.165, 1.54) is 11.8 Å². The molecule has 0 amide bonds. The second-order valence-corrected chi connectivity index (χ2v) is 8.23. The number of phenolic OH excluding ortho intramolecular Hbond substituents is 1. The second-order valence-electron chi connectivity index (χ2n) is 6.79. The lowest BCUT2D eigenvalue weighted by atomic mass is 9.96. The van der Waals surface area contributed by atoms with E-state index in [1.54, 1.807) is 6.07 Å². The molecule has 146 valence electrons. The lowest BCUT2D eigenvalue weighted by Gasteiger charge is -2.36. The molecule has 0 unspecified atom stereocenters. The third-order valence-electron chi connectivity index (χ3n) is 4.83. The number of phenols is 1. The van der Waals surface area contributed by atoms with Crippen molar-refractivity contribution in [2.24, 2.45) is 0 Å². The fourth-order valence-electron chi connectivity index (χ4n) is 3.38. The Hall–Kier alpha value is -1.73. The number of rotatable bonds is 6. The molecule has 5 nitrogen and oxygen atoms in total. The first-order chi connectivity index (χ1) is 13.0. The van der Waals surface area contributed by atoms with Crippen molar-refractivity contribution < 1.29 is 25.2 Å². The Morgan fingerprint density at radius 1 is 1.07 bits per heavy atom. The molecule has 0 bridgehead atoms. The van der Waals surface area contributed by atoms with Gasteiger partial charge in [0.05, 0.1) is 30.7 Å². The van der Waals surface area contributed by atoms with Gasteiger partial charge in [0.25, 0.3) is 0 Å². The van der Waals surface area contributed by atoms with Gasteiger partial charge in [0.1, 0.15) is 11.5 Å². The Bertz CT molecular complexity index is 749. The normalized spacial score (nSPS) is 25.3. The summed E-state index contributed by atoms with van der Waals surface area (Å²) in [5.41, 5.74) is 2.91. The van der Waals surface area contributed by atoms with Gasteiger partial charge in [-0.2, -0.15) is 0 Å². The van der Waals surface area contributed by atoms with Gasteiger partial charge in [-0.05, 0) is 49.1 Å². The number of aliphatic hydroxyl groups is 3. The minimum atomic E-state index is -0.953. The zero-order valence-electron chi connectivity index (χ0n) is 15.3. The summed E-state index contributed by atoms with van der Waals surface area (Å²) >= 11 is 1.40. The summed E-state index contributed by atoms with van der Waals surface area (Å²) in [4.78, 5) is 0. The second kappa shape index (κ2) is 8.97. The maximum Gasteiger partial charge on any atom is 0.119 e. The van der Waals surface area contributed by atoms with Crippen LogP contribution in [-0.2, 0) is 6.42 Å². The van der Waals surface area contributed by atoms with Crippen LogP contribution in [0.2, 0.25) is 0 Å². The first kappa shape index (κ1) is 20.0. The highest BCUT2D eigenvalue weighted by Gasteiger charge is 2.37. The van der Waals surface area contributed by atoms with Crippen molar-refractivity contribution in [2.45, 2.75) is 42.5 Å². The molecule has 1 saturated heterocycles. The Labute approximate surface area is 163 Å². The summed E-state index contributed by atoms with van der Waals surface area (Å²) in [5.74, 6) is 1.01. The van der Waals surface area contributed by atoms with Crippen LogP contribution in [0.4, 0.5) is 0 Å². The number of hydrogen-bond donors (Lipinski definition) is 4. The number of ether oxygens (including phenoxy) is 1. The maximum atomic E-state index is 10.3. The van der Waals surface area contributed by atoms with Gasteiger partial charge in [0.15, 0.2) is 0 Å². The lowest BCUT2D eigenvalue weighted by molar-refractivity contribution is -0.000282. The SMILES string of the molecule is CCOc1ccc(Cc2ccc(O)c([C@H]3C[C@@H](O)[C@H](O)[C@@H](CO)S3)c2)cc1. The van der Waals surface area contributed by atoms with Gasteiger partial charge in [-0.25, -0.2) is 0 Å². The van der Waals surface area contributed by atoms with E-state index < -0.39 is 17.5 Å². The summed E-state index contributed by atoms with van der Waals surface area (Å²) in [7, 11) is 0. The van der Waals surface area contributed by atoms with Crippen LogP contribution >= 0.6 is 11.8 Å². The van der Waals surface area contributed by atoms with Crippen molar-refractivity contribution in [3.63, 3.8) is 0 Å². The van der Waals surface area contributed by atoms with E-state index in [2.05, 4.69) is 0 Å². The van der Waals surface area contributed by atoms with E-state index in [0.717, 1.165) is 22.4 Å². The fraction of sp³-hybridized carbons (Fsp3) is 0.429. The highest BCUT2D eigenvalue weighted by molar-refractivity contribution is 8.00. The average Bonchev–Trinajstić information content (AvgIpc) is 2.67. The minimum Gasteiger partial charge on any atom is -0.508 e. The fourth-order valence-corrected chi connectivity index (χ4v) is 4.88. The topological polar surface area (TPSA) is 90.2 Å². The van der Waals surface area contributed by atoms with Crippen LogP contribution in [0.5, 0.6) is 11.5 Å². The number of thioether (sulfide) groups is 1. The molecule has 6 heteroatoms. The Morgan fingerprint density at radius 2 is 1.78 bits per heavy atom. The summed E-state index contributed by atoms with van der Waals surface area (Å²) in [6.07, 6.45) is -0.818.